The average molecular weight is 243 g/mol. The summed E-state index contributed by atoms with van der Waals surface area (Å²) >= 11 is 0. The van der Waals surface area contributed by atoms with E-state index in [1.165, 1.54) is 16.5 Å². The first-order chi connectivity index (χ1) is 8.49. The summed E-state index contributed by atoms with van der Waals surface area (Å²) in [6.07, 6.45) is 0. The molecule has 0 saturated heterocycles. The molecule has 0 spiro atoms. The molecule has 0 saturated carbocycles. The molecule has 18 heavy (non-hydrogen) atoms. The third kappa shape index (κ3) is 2.08. The number of benzene rings is 2. The van der Waals surface area contributed by atoms with Crippen molar-refractivity contribution >= 4 is 10.8 Å². The van der Waals surface area contributed by atoms with Crippen molar-refractivity contribution in [3.63, 3.8) is 0 Å². The number of rotatable bonds is 2. The Bertz CT molecular complexity index is 567. The zero-order valence-electron chi connectivity index (χ0n) is 11.6. The van der Waals surface area contributed by atoms with E-state index in [1.807, 2.05) is 12.1 Å². The molecule has 2 nitrogen and oxygen atoms in total. The van der Waals surface area contributed by atoms with E-state index in [-0.39, 0.29) is 5.41 Å². The fourth-order valence-electron chi connectivity index (χ4n) is 2.61. The van der Waals surface area contributed by atoms with E-state index in [0.717, 1.165) is 11.1 Å². The van der Waals surface area contributed by atoms with Gasteiger partial charge in [0.15, 0.2) is 0 Å². The standard InChI is InChI=1S/C16H21NO/c1-16(2,3)15-11(10-17)8-9-12-13(15)6-5-7-14(12)18-4/h5-9H,10,17H2,1-4H3. The Hall–Kier alpha value is -1.54. The second kappa shape index (κ2) is 4.62. The van der Waals surface area contributed by atoms with Gasteiger partial charge in [-0.05, 0) is 28.0 Å². The van der Waals surface area contributed by atoms with Crippen molar-refractivity contribution in [3.05, 3.63) is 41.5 Å². The highest BCUT2D eigenvalue weighted by Gasteiger charge is 2.21. The second-order valence-electron chi connectivity index (χ2n) is 5.61. The molecule has 0 aliphatic heterocycles. The predicted molar refractivity (Wildman–Crippen MR) is 77.1 cm³/mol. The van der Waals surface area contributed by atoms with E-state index in [4.69, 9.17) is 10.5 Å². The lowest BCUT2D eigenvalue weighted by Crippen LogP contribution is -2.16. The lowest BCUT2D eigenvalue weighted by Gasteiger charge is -2.25. The van der Waals surface area contributed by atoms with Crippen LogP contribution in [0.15, 0.2) is 30.3 Å². The van der Waals surface area contributed by atoms with Gasteiger partial charge in [0.25, 0.3) is 0 Å². The van der Waals surface area contributed by atoms with Gasteiger partial charge in [0.2, 0.25) is 0 Å². The van der Waals surface area contributed by atoms with Gasteiger partial charge in [0, 0.05) is 11.9 Å². The summed E-state index contributed by atoms with van der Waals surface area (Å²) in [4.78, 5) is 0. The van der Waals surface area contributed by atoms with Gasteiger partial charge >= 0.3 is 0 Å². The Kier molecular flexibility index (Phi) is 3.31. The van der Waals surface area contributed by atoms with Gasteiger partial charge in [0.1, 0.15) is 5.75 Å². The minimum absolute atomic E-state index is 0.0700. The number of hydrogen-bond donors (Lipinski definition) is 1. The van der Waals surface area contributed by atoms with Crippen LogP contribution in [-0.4, -0.2) is 7.11 Å². The molecule has 0 fully saturated rings. The molecule has 0 amide bonds. The summed E-state index contributed by atoms with van der Waals surface area (Å²) in [5.74, 6) is 0.918. The van der Waals surface area contributed by atoms with Crippen molar-refractivity contribution in [1.82, 2.24) is 0 Å². The van der Waals surface area contributed by atoms with Crippen LogP contribution in [0, 0.1) is 0 Å². The highest BCUT2D eigenvalue weighted by atomic mass is 16.5. The van der Waals surface area contributed by atoms with E-state index < -0.39 is 0 Å². The van der Waals surface area contributed by atoms with Crippen molar-refractivity contribution in [3.8, 4) is 5.75 Å². The van der Waals surface area contributed by atoms with E-state index in [1.54, 1.807) is 7.11 Å². The third-order valence-corrected chi connectivity index (χ3v) is 3.30. The normalized spacial score (nSPS) is 11.8. The lowest BCUT2D eigenvalue weighted by atomic mass is 9.80. The van der Waals surface area contributed by atoms with Gasteiger partial charge in [-0.15, -0.1) is 0 Å². The van der Waals surface area contributed by atoms with Gasteiger partial charge in [0.05, 0.1) is 7.11 Å². The molecule has 2 aromatic carbocycles. The Morgan fingerprint density at radius 3 is 2.33 bits per heavy atom. The molecule has 2 aromatic rings. The molecule has 2 N–H and O–H groups in total. The third-order valence-electron chi connectivity index (χ3n) is 3.30. The number of fused-ring (bicyclic) bond motifs is 1. The number of methoxy groups -OCH3 is 1. The van der Waals surface area contributed by atoms with Gasteiger partial charge in [-0.1, -0.05) is 45.0 Å². The molecule has 0 aliphatic carbocycles. The van der Waals surface area contributed by atoms with Crippen LogP contribution < -0.4 is 10.5 Å². The summed E-state index contributed by atoms with van der Waals surface area (Å²) in [5.41, 5.74) is 8.48. The quantitative estimate of drug-likeness (QED) is 0.874. The summed E-state index contributed by atoms with van der Waals surface area (Å²) in [6.45, 7) is 7.24. The zero-order chi connectivity index (χ0) is 13.3. The molecule has 0 bridgehead atoms. The number of nitrogens with two attached hydrogens (primary N) is 1. The minimum atomic E-state index is 0.0700. The van der Waals surface area contributed by atoms with Crippen molar-refractivity contribution < 1.29 is 4.74 Å². The van der Waals surface area contributed by atoms with Gasteiger partial charge in [-0.25, -0.2) is 0 Å². The minimum Gasteiger partial charge on any atom is -0.496 e. The summed E-state index contributed by atoms with van der Waals surface area (Å²) in [6, 6.07) is 10.4. The summed E-state index contributed by atoms with van der Waals surface area (Å²) in [7, 11) is 1.71. The number of hydrogen-bond acceptors (Lipinski definition) is 2. The first-order valence-corrected chi connectivity index (χ1v) is 6.28. The summed E-state index contributed by atoms with van der Waals surface area (Å²) in [5, 5.41) is 2.40. The van der Waals surface area contributed by atoms with Crippen molar-refractivity contribution in [1.29, 1.82) is 0 Å². The van der Waals surface area contributed by atoms with Crippen molar-refractivity contribution in [2.24, 2.45) is 5.73 Å². The molecule has 0 atom stereocenters. The molecule has 2 rings (SSSR count). The first kappa shape index (κ1) is 12.9. The Labute approximate surface area is 109 Å². The van der Waals surface area contributed by atoms with E-state index in [2.05, 4.69) is 39.0 Å². The Morgan fingerprint density at radius 1 is 1.06 bits per heavy atom. The van der Waals surface area contributed by atoms with E-state index >= 15 is 0 Å². The van der Waals surface area contributed by atoms with Gasteiger partial charge in [-0.3, -0.25) is 0 Å². The first-order valence-electron chi connectivity index (χ1n) is 6.28. The smallest absolute Gasteiger partial charge is 0.126 e. The largest absolute Gasteiger partial charge is 0.496 e. The molecule has 2 heteroatoms. The van der Waals surface area contributed by atoms with Crippen LogP contribution in [0.3, 0.4) is 0 Å². The van der Waals surface area contributed by atoms with E-state index in [0.29, 0.717) is 6.54 Å². The van der Waals surface area contributed by atoms with Crippen molar-refractivity contribution in [2.75, 3.05) is 7.11 Å². The molecular formula is C16H21NO. The van der Waals surface area contributed by atoms with Crippen molar-refractivity contribution in [2.45, 2.75) is 32.7 Å². The maximum atomic E-state index is 5.88. The van der Waals surface area contributed by atoms with Crippen LogP contribution in [-0.2, 0) is 12.0 Å². The molecule has 0 aliphatic rings. The second-order valence-corrected chi connectivity index (χ2v) is 5.61. The zero-order valence-corrected chi connectivity index (χ0v) is 11.6. The SMILES string of the molecule is COc1cccc2c(C(C)(C)C)c(CN)ccc12. The maximum absolute atomic E-state index is 5.88. The molecule has 0 aromatic heterocycles. The Morgan fingerprint density at radius 2 is 1.78 bits per heavy atom. The summed E-state index contributed by atoms with van der Waals surface area (Å²) < 4.78 is 5.44. The van der Waals surface area contributed by atoms with E-state index in [9.17, 15) is 0 Å². The highest BCUT2D eigenvalue weighted by molar-refractivity contribution is 5.92. The van der Waals surface area contributed by atoms with Crippen LogP contribution in [0.2, 0.25) is 0 Å². The van der Waals surface area contributed by atoms with Gasteiger partial charge in [-0.2, -0.15) is 0 Å². The highest BCUT2D eigenvalue weighted by Crippen LogP contribution is 2.36. The monoisotopic (exact) mass is 243 g/mol. The fourth-order valence-corrected chi connectivity index (χ4v) is 2.61. The maximum Gasteiger partial charge on any atom is 0.126 e. The predicted octanol–water partition coefficient (Wildman–Crippen LogP) is 3.60. The van der Waals surface area contributed by atoms with Crippen LogP contribution >= 0.6 is 0 Å². The van der Waals surface area contributed by atoms with Gasteiger partial charge < -0.3 is 10.5 Å². The Balaban J connectivity index is 2.87. The molecule has 0 unspecified atom stereocenters. The van der Waals surface area contributed by atoms with Crippen LogP contribution in [0.25, 0.3) is 10.8 Å². The molecular weight excluding hydrogens is 222 g/mol. The number of ether oxygens (including phenoxy) is 1. The molecule has 96 valence electrons. The van der Waals surface area contributed by atoms with Crippen LogP contribution in [0.5, 0.6) is 5.75 Å². The molecule has 0 radical (unpaired) electrons. The molecule has 0 heterocycles. The van der Waals surface area contributed by atoms with Crippen LogP contribution in [0.1, 0.15) is 31.9 Å². The fraction of sp³-hybridized carbons (Fsp3) is 0.375. The average Bonchev–Trinajstić information content (AvgIpc) is 2.35. The topological polar surface area (TPSA) is 35.2 Å². The van der Waals surface area contributed by atoms with Crippen LogP contribution in [0.4, 0.5) is 0 Å². The lowest BCUT2D eigenvalue weighted by molar-refractivity contribution is 0.419.